The number of amides is 2. The molecule has 1 aliphatic rings. The zero-order valence-corrected chi connectivity index (χ0v) is 20.3. The van der Waals surface area contributed by atoms with E-state index >= 15 is 0 Å². The van der Waals surface area contributed by atoms with Crippen molar-refractivity contribution >= 4 is 46.0 Å². The van der Waals surface area contributed by atoms with Gasteiger partial charge < -0.3 is 9.15 Å². The van der Waals surface area contributed by atoms with Gasteiger partial charge in [0, 0.05) is 10.6 Å². The van der Waals surface area contributed by atoms with E-state index in [9.17, 15) is 19.2 Å². The zero-order valence-electron chi connectivity index (χ0n) is 19.5. The Morgan fingerprint density at radius 2 is 1.42 bits per heavy atom. The summed E-state index contributed by atoms with van der Waals surface area (Å²) in [6.07, 6.45) is 0. The van der Waals surface area contributed by atoms with Crippen LogP contribution in [-0.2, 0) is 0 Å². The number of imide groups is 1. The standard InChI is InChI=1S/C30H16ClNO6/c31-19-14-12-17(13-15-19)26-27(25(33)23-10-3-4-11-24(23)37-26)38-30(36)18-6-5-7-20(16-18)32-28(34)21-8-1-2-9-22(21)29(32)35/h1-16H. The zero-order chi connectivity index (χ0) is 26.4. The first kappa shape index (κ1) is 23.4. The van der Waals surface area contributed by atoms with Crippen molar-refractivity contribution in [3.05, 3.63) is 129 Å². The second kappa shape index (κ2) is 9.14. The van der Waals surface area contributed by atoms with Gasteiger partial charge in [-0.05, 0) is 66.7 Å². The summed E-state index contributed by atoms with van der Waals surface area (Å²) in [7, 11) is 0. The number of rotatable bonds is 4. The fourth-order valence-corrected chi connectivity index (χ4v) is 4.48. The van der Waals surface area contributed by atoms with Crippen LogP contribution in [0.15, 0.2) is 106 Å². The summed E-state index contributed by atoms with van der Waals surface area (Å²) in [5, 5.41) is 0.730. The molecule has 0 aliphatic carbocycles. The third kappa shape index (κ3) is 3.86. The van der Waals surface area contributed by atoms with Gasteiger partial charge in [0.15, 0.2) is 5.76 Å². The molecule has 0 saturated heterocycles. The normalized spacial score (nSPS) is 12.6. The molecule has 0 atom stereocenters. The number of carbonyl (C=O) groups is 3. The molecule has 1 aromatic heterocycles. The third-order valence-corrected chi connectivity index (χ3v) is 6.44. The first-order valence-corrected chi connectivity index (χ1v) is 11.9. The molecule has 0 bridgehead atoms. The van der Waals surface area contributed by atoms with Crippen molar-refractivity contribution in [2.75, 3.05) is 4.90 Å². The van der Waals surface area contributed by atoms with E-state index in [0.717, 1.165) is 4.90 Å². The van der Waals surface area contributed by atoms with E-state index in [1.165, 1.54) is 18.2 Å². The van der Waals surface area contributed by atoms with Gasteiger partial charge in [0.05, 0.1) is 27.8 Å². The Labute approximate surface area is 220 Å². The van der Waals surface area contributed by atoms with E-state index in [1.54, 1.807) is 78.9 Å². The highest BCUT2D eigenvalue weighted by Crippen LogP contribution is 2.33. The molecule has 0 fully saturated rings. The van der Waals surface area contributed by atoms with Crippen molar-refractivity contribution in [3.63, 3.8) is 0 Å². The molecular weight excluding hydrogens is 506 g/mol. The minimum absolute atomic E-state index is 0.0358. The Morgan fingerprint density at radius 3 is 2.13 bits per heavy atom. The summed E-state index contributed by atoms with van der Waals surface area (Å²) in [5.74, 6) is -2.06. The third-order valence-electron chi connectivity index (χ3n) is 6.19. The Balaban J connectivity index is 1.39. The Kier molecular flexibility index (Phi) is 5.62. The lowest BCUT2D eigenvalue weighted by atomic mass is 10.1. The second-order valence-corrected chi connectivity index (χ2v) is 8.96. The molecule has 0 unspecified atom stereocenters. The van der Waals surface area contributed by atoms with Crippen LogP contribution >= 0.6 is 11.6 Å². The number of hydrogen-bond donors (Lipinski definition) is 0. The Hall–Kier alpha value is -5.01. The number of ether oxygens (including phenoxy) is 1. The number of esters is 1. The quantitative estimate of drug-likeness (QED) is 0.208. The lowest BCUT2D eigenvalue weighted by Gasteiger charge is -2.15. The van der Waals surface area contributed by atoms with Crippen LogP contribution in [0.5, 0.6) is 5.75 Å². The predicted molar refractivity (Wildman–Crippen MR) is 142 cm³/mol. The lowest BCUT2D eigenvalue weighted by Crippen LogP contribution is -2.29. The molecule has 38 heavy (non-hydrogen) atoms. The number of para-hydroxylation sites is 1. The van der Waals surface area contributed by atoms with Crippen molar-refractivity contribution in [1.29, 1.82) is 0 Å². The second-order valence-electron chi connectivity index (χ2n) is 8.52. The van der Waals surface area contributed by atoms with E-state index in [4.69, 9.17) is 20.8 Å². The van der Waals surface area contributed by atoms with Crippen LogP contribution in [0.4, 0.5) is 5.69 Å². The maximum atomic E-state index is 13.4. The summed E-state index contributed by atoms with van der Waals surface area (Å²) >= 11 is 6.02. The summed E-state index contributed by atoms with van der Waals surface area (Å²) in [6, 6.07) is 25.6. The highest BCUT2D eigenvalue weighted by Gasteiger charge is 2.36. The fraction of sp³-hybridized carbons (Fsp3) is 0. The van der Waals surface area contributed by atoms with Gasteiger partial charge in [-0.15, -0.1) is 0 Å². The molecule has 1 aliphatic heterocycles. The molecule has 0 N–H and O–H groups in total. The topological polar surface area (TPSA) is 93.9 Å². The van der Waals surface area contributed by atoms with Crippen molar-refractivity contribution in [1.82, 2.24) is 0 Å². The highest BCUT2D eigenvalue weighted by molar-refractivity contribution is 6.34. The predicted octanol–water partition coefficient (Wildman–Crippen LogP) is 6.13. The Bertz CT molecular complexity index is 1810. The van der Waals surface area contributed by atoms with Crippen molar-refractivity contribution in [2.24, 2.45) is 0 Å². The summed E-state index contributed by atoms with van der Waals surface area (Å²) < 4.78 is 11.6. The maximum Gasteiger partial charge on any atom is 0.343 e. The molecule has 184 valence electrons. The summed E-state index contributed by atoms with van der Waals surface area (Å²) in [5.41, 5.74) is 1.10. The van der Waals surface area contributed by atoms with Crippen LogP contribution < -0.4 is 15.1 Å². The first-order valence-electron chi connectivity index (χ1n) is 11.5. The van der Waals surface area contributed by atoms with Gasteiger partial charge in [0.2, 0.25) is 11.2 Å². The van der Waals surface area contributed by atoms with Crippen LogP contribution in [0.3, 0.4) is 0 Å². The molecular formula is C30H16ClNO6. The van der Waals surface area contributed by atoms with E-state index in [2.05, 4.69) is 0 Å². The van der Waals surface area contributed by atoms with Crippen molar-refractivity contribution < 1.29 is 23.5 Å². The van der Waals surface area contributed by atoms with Crippen LogP contribution in [0.1, 0.15) is 31.1 Å². The molecule has 7 nitrogen and oxygen atoms in total. The number of fused-ring (bicyclic) bond motifs is 2. The van der Waals surface area contributed by atoms with E-state index in [-0.39, 0.29) is 39.3 Å². The van der Waals surface area contributed by atoms with Gasteiger partial charge in [0.1, 0.15) is 5.58 Å². The minimum atomic E-state index is -0.860. The number of hydrogen-bond acceptors (Lipinski definition) is 6. The average molecular weight is 522 g/mol. The monoisotopic (exact) mass is 521 g/mol. The van der Waals surface area contributed by atoms with Gasteiger partial charge >= 0.3 is 5.97 Å². The van der Waals surface area contributed by atoms with Gasteiger partial charge in [0.25, 0.3) is 11.8 Å². The van der Waals surface area contributed by atoms with Crippen LogP contribution in [0.25, 0.3) is 22.3 Å². The number of benzene rings is 4. The number of nitrogens with zero attached hydrogens (tertiary/aromatic N) is 1. The van der Waals surface area contributed by atoms with E-state index in [0.29, 0.717) is 16.2 Å². The molecule has 2 heterocycles. The molecule has 4 aromatic carbocycles. The smallest absolute Gasteiger partial charge is 0.343 e. The molecule has 0 saturated carbocycles. The lowest BCUT2D eigenvalue weighted by molar-refractivity contribution is 0.0730. The SMILES string of the molecule is O=C(Oc1c(-c2ccc(Cl)cc2)oc2ccccc2c1=O)c1cccc(N2C(=O)c3ccccc3C2=O)c1. The van der Waals surface area contributed by atoms with Crippen LogP contribution in [0.2, 0.25) is 5.02 Å². The minimum Gasteiger partial charge on any atom is -0.452 e. The van der Waals surface area contributed by atoms with Crippen LogP contribution in [-0.4, -0.2) is 17.8 Å². The maximum absolute atomic E-state index is 13.4. The largest absolute Gasteiger partial charge is 0.452 e. The van der Waals surface area contributed by atoms with Gasteiger partial charge in [-0.1, -0.05) is 41.9 Å². The molecule has 0 spiro atoms. The highest BCUT2D eigenvalue weighted by atomic mass is 35.5. The molecule has 2 amide bonds. The fourth-order valence-electron chi connectivity index (χ4n) is 4.36. The summed E-state index contributed by atoms with van der Waals surface area (Å²) in [4.78, 5) is 53.5. The van der Waals surface area contributed by atoms with Gasteiger partial charge in [-0.25, -0.2) is 9.69 Å². The van der Waals surface area contributed by atoms with Crippen LogP contribution in [0, 0.1) is 0 Å². The molecule has 6 rings (SSSR count). The molecule has 5 aromatic rings. The molecule has 0 radical (unpaired) electrons. The number of anilines is 1. The van der Waals surface area contributed by atoms with Gasteiger partial charge in [-0.3, -0.25) is 14.4 Å². The van der Waals surface area contributed by atoms with Gasteiger partial charge in [-0.2, -0.15) is 0 Å². The number of carbonyl (C=O) groups excluding carboxylic acids is 3. The molecule has 8 heteroatoms. The summed E-state index contributed by atoms with van der Waals surface area (Å²) in [6.45, 7) is 0. The average Bonchev–Trinajstić information content (AvgIpc) is 3.20. The Morgan fingerprint density at radius 1 is 0.763 bits per heavy atom. The number of halogens is 1. The van der Waals surface area contributed by atoms with E-state index < -0.39 is 23.2 Å². The van der Waals surface area contributed by atoms with E-state index in [1.807, 2.05) is 0 Å². The van der Waals surface area contributed by atoms with Crippen molar-refractivity contribution in [2.45, 2.75) is 0 Å². The first-order chi connectivity index (χ1) is 18.4. The van der Waals surface area contributed by atoms with Crippen molar-refractivity contribution in [3.8, 4) is 17.1 Å².